The van der Waals surface area contributed by atoms with Crippen molar-refractivity contribution in [2.45, 2.75) is 12.8 Å². The molecule has 0 spiro atoms. The normalized spacial score (nSPS) is 11.1. The summed E-state index contributed by atoms with van der Waals surface area (Å²) in [7, 11) is 1.81. The number of fused-ring (bicyclic) bond motifs is 1. The molecule has 0 atom stereocenters. The number of benzene rings is 1. The highest BCUT2D eigenvalue weighted by atomic mass is 35.5. The van der Waals surface area contributed by atoms with Crippen LogP contribution in [0.5, 0.6) is 0 Å². The molecular weight excluding hydrogens is 319 g/mol. The zero-order chi connectivity index (χ0) is 16.4. The van der Waals surface area contributed by atoms with Gasteiger partial charge < -0.3 is 10.3 Å². The molecule has 120 valence electrons. The van der Waals surface area contributed by atoms with Crippen LogP contribution in [0.4, 0.5) is 4.39 Å². The van der Waals surface area contributed by atoms with Crippen LogP contribution in [0.25, 0.3) is 10.9 Å². The van der Waals surface area contributed by atoms with Crippen LogP contribution in [0.2, 0.25) is 5.02 Å². The van der Waals surface area contributed by atoms with Crippen molar-refractivity contribution in [3.05, 3.63) is 52.7 Å². The number of amides is 1. The second-order valence-electron chi connectivity index (χ2n) is 5.38. The number of nitrogens with zero attached hydrogens (tertiary/aromatic N) is 2. The van der Waals surface area contributed by atoms with Gasteiger partial charge in [0.05, 0.1) is 17.1 Å². The first-order chi connectivity index (χ1) is 11.0. The van der Waals surface area contributed by atoms with Gasteiger partial charge in [0, 0.05) is 36.9 Å². The molecule has 5 nitrogen and oxygen atoms in total. The van der Waals surface area contributed by atoms with E-state index in [0.29, 0.717) is 18.5 Å². The summed E-state index contributed by atoms with van der Waals surface area (Å²) >= 11 is 5.83. The summed E-state index contributed by atoms with van der Waals surface area (Å²) in [5.74, 6) is -0.524. The van der Waals surface area contributed by atoms with Crippen LogP contribution in [0.15, 0.2) is 30.6 Å². The maximum Gasteiger partial charge on any atom is 0.226 e. The molecule has 3 aromatic rings. The van der Waals surface area contributed by atoms with Crippen LogP contribution in [-0.4, -0.2) is 27.2 Å². The Bertz CT molecular complexity index is 855. The quantitative estimate of drug-likeness (QED) is 0.753. The lowest BCUT2D eigenvalue weighted by molar-refractivity contribution is -0.120. The molecule has 1 aromatic carbocycles. The second kappa shape index (κ2) is 6.42. The molecule has 23 heavy (non-hydrogen) atoms. The second-order valence-corrected chi connectivity index (χ2v) is 5.79. The third kappa shape index (κ3) is 3.53. The SMILES string of the molecule is Cn1ccc(CC(=O)NCCc2c[nH]c3cc(F)c(Cl)cc23)n1. The van der Waals surface area contributed by atoms with Gasteiger partial charge in [-0.3, -0.25) is 9.48 Å². The topological polar surface area (TPSA) is 62.7 Å². The predicted molar refractivity (Wildman–Crippen MR) is 86.9 cm³/mol. The Morgan fingerprint density at radius 2 is 2.30 bits per heavy atom. The number of hydrogen-bond donors (Lipinski definition) is 2. The molecule has 0 bridgehead atoms. The fraction of sp³-hybridized carbons (Fsp3) is 0.250. The van der Waals surface area contributed by atoms with E-state index in [4.69, 9.17) is 11.6 Å². The number of H-pyrrole nitrogens is 1. The average Bonchev–Trinajstić information content (AvgIpc) is 3.07. The number of halogens is 2. The van der Waals surface area contributed by atoms with Gasteiger partial charge in [0.2, 0.25) is 5.91 Å². The monoisotopic (exact) mass is 334 g/mol. The zero-order valence-corrected chi connectivity index (χ0v) is 13.3. The minimum Gasteiger partial charge on any atom is -0.361 e. The Morgan fingerprint density at radius 3 is 3.04 bits per heavy atom. The molecule has 2 N–H and O–H groups in total. The Kier molecular flexibility index (Phi) is 4.34. The van der Waals surface area contributed by atoms with Gasteiger partial charge in [-0.15, -0.1) is 0 Å². The molecule has 0 aliphatic rings. The van der Waals surface area contributed by atoms with Crippen LogP contribution in [0.3, 0.4) is 0 Å². The van der Waals surface area contributed by atoms with Gasteiger partial charge in [-0.2, -0.15) is 5.10 Å². The smallest absolute Gasteiger partial charge is 0.226 e. The fourth-order valence-corrected chi connectivity index (χ4v) is 2.67. The molecule has 0 aliphatic heterocycles. The highest BCUT2D eigenvalue weighted by Crippen LogP contribution is 2.25. The minimum absolute atomic E-state index is 0.0763. The first-order valence-electron chi connectivity index (χ1n) is 7.23. The van der Waals surface area contributed by atoms with E-state index in [2.05, 4.69) is 15.4 Å². The number of nitrogens with one attached hydrogen (secondary N) is 2. The van der Waals surface area contributed by atoms with E-state index in [9.17, 15) is 9.18 Å². The van der Waals surface area contributed by atoms with Crippen molar-refractivity contribution in [2.24, 2.45) is 7.05 Å². The lowest BCUT2D eigenvalue weighted by Gasteiger charge is -2.04. The van der Waals surface area contributed by atoms with E-state index in [1.54, 1.807) is 16.9 Å². The number of carbonyl (C=O) groups is 1. The Balaban J connectivity index is 1.58. The molecule has 1 amide bonds. The van der Waals surface area contributed by atoms with E-state index in [0.717, 1.165) is 16.6 Å². The Morgan fingerprint density at radius 1 is 1.48 bits per heavy atom. The number of hydrogen-bond acceptors (Lipinski definition) is 2. The van der Waals surface area contributed by atoms with Gasteiger partial charge in [-0.25, -0.2) is 4.39 Å². The molecule has 7 heteroatoms. The maximum atomic E-state index is 13.4. The van der Waals surface area contributed by atoms with Crippen molar-refractivity contribution >= 4 is 28.4 Å². The van der Waals surface area contributed by atoms with Crippen molar-refractivity contribution in [3.63, 3.8) is 0 Å². The number of carbonyl (C=O) groups excluding carboxylic acids is 1. The van der Waals surface area contributed by atoms with Gasteiger partial charge in [0.1, 0.15) is 5.82 Å². The van der Waals surface area contributed by atoms with Crippen molar-refractivity contribution in [1.29, 1.82) is 0 Å². The average molecular weight is 335 g/mol. The minimum atomic E-state index is -0.448. The first-order valence-corrected chi connectivity index (χ1v) is 7.61. The van der Waals surface area contributed by atoms with Crippen molar-refractivity contribution in [3.8, 4) is 0 Å². The number of rotatable bonds is 5. The number of aromatic nitrogens is 3. The molecule has 3 rings (SSSR count). The maximum absolute atomic E-state index is 13.4. The lowest BCUT2D eigenvalue weighted by Crippen LogP contribution is -2.27. The third-order valence-corrected chi connectivity index (χ3v) is 3.92. The third-order valence-electron chi connectivity index (χ3n) is 3.64. The summed E-state index contributed by atoms with van der Waals surface area (Å²) in [6.45, 7) is 0.494. The van der Waals surface area contributed by atoms with Crippen LogP contribution >= 0.6 is 11.6 Å². The van der Waals surface area contributed by atoms with Gasteiger partial charge >= 0.3 is 0 Å². The van der Waals surface area contributed by atoms with E-state index < -0.39 is 5.82 Å². The summed E-state index contributed by atoms with van der Waals surface area (Å²) in [5, 5.41) is 7.99. The number of aryl methyl sites for hydroxylation is 1. The fourth-order valence-electron chi connectivity index (χ4n) is 2.50. The summed E-state index contributed by atoms with van der Waals surface area (Å²) in [5.41, 5.74) is 2.42. The van der Waals surface area contributed by atoms with Crippen molar-refractivity contribution in [1.82, 2.24) is 20.1 Å². The summed E-state index contributed by atoms with van der Waals surface area (Å²) in [4.78, 5) is 14.9. The Labute approximate surface area is 137 Å². The molecule has 0 unspecified atom stereocenters. The van der Waals surface area contributed by atoms with E-state index in [1.165, 1.54) is 6.07 Å². The van der Waals surface area contributed by atoms with Crippen LogP contribution < -0.4 is 5.32 Å². The van der Waals surface area contributed by atoms with Gasteiger partial charge in [-0.1, -0.05) is 11.6 Å². The van der Waals surface area contributed by atoms with Crippen LogP contribution in [0.1, 0.15) is 11.3 Å². The molecule has 0 radical (unpaired) electrons. The van der Waals surface area contributed by atoms with Gasteiger partial charge in [0.25, 0.3) is 0 Å². The molecule has 0 saturated heterocycles. The molecule has 2 aromatic heterocycles. The van der Waals surface area contributed by atoms with Gasteiger partial charge in [0.15, 0.2) is 0 Å². The molecule has 0 saturated carbocycles. The first kappa shape index (κ1) is 15.6. The molecule has 0 fully saturated rings. The van der Waals surface area contributed by atoms with Crippen molar-refractivity contribution < 1.29 is 9.18 Å². The Hall–Kier alpha value is -2.34. The molecule has 0 aliphatic carbocycles. The van der Waals surface area contributed by atoms with Gasteiger partial charge in [-0.05, 0) is 30.2 Å². The van der Waals surface area contributed by atoms with Crippen LogP contribution in [-0.2, 0) is 24.7 Å². The number of aromatic amines is 1. The summed E-state index contributed by atoms with van der Waals surface area (Å²) < 4.78 is 15.1. The molecule has 2 heterocycles. The standard InChI is InChI=1S/C16H16ClFN4O/c1-22-5-3-11(21-22)6-16(23)19-4-2-10-9-20-15-8-14(18)13(17)7-12(10)15/h3,5,7-9,20H,2,4,6H2,1H3,(H,19,23). The highest BCUT2D eigenvalue weighted by Gasteiger charge is 2.09. The zero-order valence-electron chi connectivity index (χ0n) is 12.6. The molecular formula is C16H16ClFN4O. The van der Waals surface area contributed by atoms with E-state index in [1.807, 2.05) is 19.3 Å². The summed E-state index contributed by atoms with van der Waals surface area (Å²) in [6.07, 6.45) is 4.50. The van der Waals surface area contributed by atoms with E-state index in [-0.39, 0.29) is 17.4 Å². The largest absolute Gasteiger partial charge is 0.361 e. The highest BCUT2D eigenvalue weighted by molar-refractivity contribution is 6.31. The van der Waals surface area contributed by atoms with E-state index >= 15 is 0 Å². The van der Waals surface area contributed by atoms with Crippen molar-refractivity contribution in [2.75, 3.05) is 6.54 Å². The summed E-state index contributed by atoms with van der Waals surface area (Å²) in [6, 6.07) is 4.80. The predicted octanol–water partition coefficient (Wildman–Crippen LogP) is 2.60. The van der Waals surface area contributed by atoms with Crippen LogP contribution in [0, 0.1) is 5.82 Å². The lowest BCUT2D eigenvalue weighted by atomic mass is 10.1.